The molecule has 0 aromatic carbocycles. The summed E-state index contributed by atoms with van der Waals surface area (Å²) < 4.78 is 8.14. The summed E-state index contributed by atoms with van der Waals surface area (Å²) in [6.07, 6.45) is 8.18. The van der Waals surface area contributed by atoms with Crippen LogP contribution in [0.15, 0.2) is 6.33 Å². The summed E-state index contributed by atoms with van der Waals surface area (Å²) >= 11 is 0. The fourth-order valence-electron chi connectivity index (χ4n) is 3.46. The van der Waals surface area contributed by atoms with E-state index < -0.39 is 0 Å². The molecule has 1 aliphatic rings. The Bertz CT molecular complexity index is 420. The van der Waals surface area contributed by atoms with E-state index >= 15 is 0 Å². The zero-order valence-corrected chi connectivity index (χ0v) is 13.5. The van der Waals surface area contributed by atoms with Gasteiger partial charge >= 0.3 is 0 Å². The highest BCUT2D eigenvalue weighted by atomic mass is 16.5. The van der Waals surface area contributed by atoms with Gasteiger partial charge in [-0.25, -0.2) is 9.67 Å². The number of aromatic nitrogens is 3. The van der Waals surface area contributed by atoms with Crippen molar-refractivity contribution in [1.82, 2.24) is 20.2 Å². The van der Waals surface area contributed by atoms with Crippen LogP contribution >= 0.6 is 0 Å². The minimum Gasteiger partial charge on any atom is -0.374 e. The first-order valence-electron chi connectivity index (χ1n) is 8.11. The lowest BCUT2D eigenvalue weighted by Gasteiger charge is -2.43. The molecule has 1 unspecified atom stereocenters. The summed E-state index contributed by atoms with van der Waals surface area (Å²) in [5.74, 6) is 6.84. The Hall–Kier alpha value is -0.980. The fraction of sp³-hybridized carbons (Fsp3) is 0.867. The molecule has 1 fully saturated rings. The maximum Gasteiger partial charge on any atom is 0.138 e. The van der Waals surface area contributed by atoms with Gasteiger partial charge in [0, 0.05) is 19.1 Å². The van der Waals surface area contributed by atoms with Gasteiger partial charge in [0.1, 0.15) is 12.2 Å². The van der Waals surface area contributed by atoms with Crippen LogP contribution in [0.5, 0.6) is 0 Å². The van der Waals surface area contributed by atoms with Gasteiger partial charge in [-0.2, -0.15) is 5.10 Å². The topological polar surface area (TPSA) is 78.0 Å². The molecule has 0 amide bonds. The number of hydrogen-bond acceptors (Lipinski definition) is 5. The van der Waals surface area contributed by atoms with Gasteiger partial charge in [-0.3, -0.25) is 11.3 Å². The Kier molecular flexibility index (Phi) is 5.72. The molecule has 6 heteroatoms. The molecular formula is C15H29N5O. The normalized spacial score (nSPS) is 19.9. The lowest BCUT2D eigenvalue weighted by atomic mass is 9.78. The fourth-order valence-corrected chi connectivity index (χ4v) is 3.46. The van der Waals surface area contributed by atoms with Gasteiger partial charge < -0.3 is 4.74 Å². The minimum absolute atomic E-state index is 0.0689. The molecule has 21 heavy (non-hydrogen) atoms. The van der Waals surface area contributed by atoms with Gasteiger partial charge in [0.25, 0.3) is 0 Å². The highest BCUT2D eigenvalue weighted by Crippen LogP contribution is 2.35. The lowest BCUT2D eigenvalue weighted by Crippen LogP contribution is -2.57. The average molecular weight is 295 g/mol. The second kappa shape index (κ2) is 7.33. The van der Waals surface area contributed by atoms with Crippen LogP contribution in [0.1, 0.15) is 64.7 Å². The van der Waals surface area contributed by atoms with E-state index in [-0.39, 0.29) is 11.6 Å². The number of nitrogens with one attached hydrogen (secondary N) is 1. The van der Waals surface area contributed by atoms with Crippen molar-refractivity contribution < 1.29 is 4.74 Å². The Morgan fingerprint density at radius 3 is 2.67 bits per heavy atom. The van der Waals surface area contributed by atoms with E-state index in [0.717, 1.165) is 31.7 Å². The van der Waals surface area contributed by atoms with Gasteiger partial charge in [-0.1, -0.05) is 19.3 Å². The summed E-state index contributed by atoms with van der Waals surface area (Å²) in [4.78, 5) is 4.41. The van der Waals surface area contributed by atoms with Crippen LogP contribution in [0.25, 0.3) is 0 Å². The lowest BCUT2D eigenvalue weighted by molar-refractivity contribution is -0.0903. The zero-order chi connectivity index (χ0) is 15.3. The molecule has 1 heterocycles. The van der Waals surface area contributed by atoms with Crippen molar-refractivity contribution in [1.29, 1.82) is 0 Å². The van der Waals surface area contributed by atoms with Gasteiger partial charge in [0.15, 0.2) is 0 Å². The summed E-state index contributed by atoms with van der Waals surface area (Å²) in [6, 6.07) is 0.370. The quantitative estimate of drug-likeness (QED) is 0.594. The molecule has 0 radical (unpaired) electrons. The van der Waals surface area contributed by atoms with Gasteiger partial charge in [0.2, 0.25) is 0 Å². The summed E-state index contributed by atoms with van der Waals surface area (Å²) in [6.45, 7) is 7.00. The van der Waals surface area contributed by atoms with Gasteiger partial charge in [-0.15, -0.1) is 0 Å². The Balaban J connectivity index is 2.18. The van der Waals surface area contributed by atoms with Crippen LogP contribution in [-0.2, 0) is 11.2 Å². The van der Waals surface area contributed by atoms with Crippen molar-refractivity contribution in [3.8, 4) is 0 Å². The van der Waals surface area contributed by atoms with Crippen LogP contribution in [0.2, 0.25) is 0 Å². The van der Waals surface area contributed by atoms with E-state index in [1.807, 2.05) is 4.68 Å². The Labute approximate surface area is 127 Å². The number of hydrazine groups is 1. The summed E-state index contributed by atoms with van der Waals surface area (Å²) in [5, 5.41) is 4.31. The van der Waals surface area contributed by atoms with Crippen molar-refractivity contribution in [2.24, 2.45) is 5.84 Å². The zero-order valence-electron chi connectivity index (χ0n) is 13.5. The van der Waals surface area contributed by atoms with Crippen LogP contribution < -0.4 is 11.3 Å². The van der Waals surface area contributed by atoms with E-state index in [9.17, 15) is 0 Å². The molecule has 2 rings (SSSR count). The van der Waals surface area contributed by atoms with Gasteiger partial charge in [0.05, 0.1) is 11.6 Å². The van der Waals surface area contributed by atoms with E-state index in [4.69, 9.17) is 10.6 Å². The third-order valence-electron chi connectivity index (χ3n) is 4.49. The monoisotopic (exact) mass is 295 g/mol. The molecule has 0 spiro atoms. The maximum atomic E-state index is 6.17. The number of nitrogens with two attached hydrogens (primary N) is 1. The SMILES string of the molecule is CCOC1(C(Cc2ncnn2C(C)C)NN)CCCCC1. The van der Waals surface area contributed by atoms with E-state index in [0.29, 0.717) is 6.04 Å². The first kappa shape index (κ1) is 16.4. The van der Waals surface area contributed by atoms with Crippen LogP contribution in [0.3, 0.4) is 0 Å². The van der Waals surface area contributed by atoms with Crippen LogP contribution in [-0.4, -0.2) is 33.0 Å². The molecule has 0 aliphatic heterocycles. The molecule has 1 aromatic heterocycles. The van der Waals surface area contributed by atoms with Crippen molar-refractivity contribution in [3.05, 3.63) is 12.2 Å². The molecule has 6 nitrogen and oxygen atoms in total. The van der Waals surface area contributed by atoms with E-state index in [2.05, 4.69) is 36.3 Å². The average Bonchev–Trinajstić information content (AvgIpc) is 2.94. The molecule has 1 aromatic rings. The third kappa shape index (κ3) is 3.62. The summed E-state index contributed by atoms with van der Waals surface area (Å²) in [5.41, 5.74) is 2.82. The molecule has 0 bridgehead atoms. The van der Waals surface area contributed by atoms with Crippen molar-refractivity contribution in [3.63, 3.8) is 0 Å². The summed E-state index contributed by atoms with van der Waals surface area (Å²) in [7, 11) is 0. The smallest absolute Gasteiger partial charge is 0.138 e. The molecule has 1 atom stereocenters. The number of hydrogen-bond donors (Lipinski definition) is 2. The van der Waals surface area contributed by atoms with Crippen LogP contribution in [0.4, 0.5) is 0 Å². The van der Waals surface area contributed by atoms with E-state index in [1.54, 1.807) is 6.33 Å². The van der Waals surface area contributed by atoms with Crippen molar-refractivity contribution >= 4 is 0 Å². The predicted octanol–water partition coefficient (Wildman–Crippen LogP) is 1.97. The third-order valence-corrected chi connectivity index (χ3v) is 4.49. The second-order valence-corrected chi connectivity index (χ2v) is 6.20. The highest BCUT2D eigenvalue weighted by molar-refractivity contribution is 5.01. The first-order valence-corrected chi connectivity index (χ1v) is 8.11. The van der Waals surface area contributed by atoms with Gasteiger partial charge in [-0.05, 0) is 33.6 Å². The Morgan fingerprint density at radius 2 is 2.10 bits per heavy atom. The molecule has 3 N–H and O–H groups in total. The first-order chi connectivity index (χ1) is 10.1. The Morgan fingerprint density at radius 1 is 1.38 bits per heavy atom. The molecule has 120 valence electrons. The minimum atomic E-state index is -0.171. The van der Waals surface area contributed by atoms with Crippen LogP contribution in [0, 0.1) is 0 Å². The maximum absolute atomic E-state index is 6.17. The molecule has 0 saturated heterocycles. The largest absolute Gasteiger partial charge is 0.374 e. The number of ether oxygens (including phenoxy) is 1. The van der Waals surface area contributed by atoms with Crippen molar-refractivity contribution in [2.75, 3.05) is 6.61 Å². The predicted molar refractivity (Wildman–Crippen MR) is 82.7 cm³/mol. The number of nitrogens with zero attached hydrogens (tertiary/aromatic N) is 3. The molecular weight excluding hydrogens is 266 g/mol. The molecule has 1 saturated carbocycles. The number of rotatable bonds is 7. The van der Waals surface area contributed by atoms with Crippen molar-refractivity contribution in [2.45, 2.75) is 77.0 Å². The highest BCUT2D eigenvalue weighted by Gasteiger charge is 2.41. The second-order valence-electron chi connectivity index (χ2n) is 6.20. The standard InChI is InChI=1S/C15H29N5O/c1-4-21-15(8-6-5-7-9-15)13(19-16)10-14-17-11-18-20(14)12(2)3/h11-13,19H,4-10,16H2,1-3H3. The van der Waals surface area contributed by atoms with E-state index in [1.165, 1.54) is 19.3 Å². The molecule has 1 aliphatic carbocycles.